The van der Waals surface area contributed by atoms with Crippen LogP contribution in [-0.4, -0.2) is 67.8 Å². The fourth-order valence-corrected chi connectivity index (χ4v) is 4.59. The van der Waals surface area contributed by atoms with E-state index in [1.165, 1.54) is 0 Å². The molecule has 0 bridgehead atoms. The zero-order valence-electron chi connectivity index (χ0n) is 20.5. The van der Waals surface area contributed by atoms with Gasteiger partial charge >= 0.3 is 0 Å². The van der Waals surface area contributed by atoms with Crippen LogP contribution in [0.2, 0.25) is 0 Å². The normalized spacial score (nSPS) is 18.0. The number of aliphatic hydroxyl groups is 1. The number of aryl methyl sites for hydroxylation is 2. The maximum absolute atomic E-state index is 12.3. The molecular formula is C26H29N7O3. The molecule has 4 aromatic rings. The van der Waals surface area contributed by atoms with Gasteiger partial charge in [-0.3, -0.25) is 9.69 Å². The molecule has 2 aromatic carbocycles. The number of nitrogens with two attached hydrogens (primary N) is 1. The van der Waals surface area contributed by atoms with Crippen LogP contribution in [0.15, 0.2) is 48.8 Å². The first-order chi connectivity index (χ1) is 17.3. The lowest BCUT2D eigenvalue weighted by molar-refractivity contribution is 0.0996. The van der Waals surface area contributed by atoms with Crippen molar-refractivity contribution >= 4 is 28.4 Å². The van der Waals surface area contributed by atoms with E-state index in [0.29, 0.717) is 42.4 Å². The molecule has 1 aliphatic heterocycles. The van der Waals surface area contributed by atoms with Crippen molar-refractivity contribution in [3.05, 3.63) is 60.2 Å². The number of rotatable bonds is 7. The molecule has 10 nitrogen and oxygen atoms in total. The van der Waals surface area contributed by atoms with Crippen LogP contribution in [0.1, 0.15) is 22.6 Å². The number of likely N-dealkylation sites (N-methyl/N-ethyl adjacent to an activating group) is 1. The van der Waals surface area contributed by atoms with E-state index in [4.69, 9.17) is 10.5 Å². The average molecular weight is 488 g/mol. The highest BCUT2D eigenvalue weighted by molar-refractivity contribution is 5.98. The van der Waals surface area contributed by atoms with Gasteiger partial charge in [-0.2, -0.15) is 0 Å². The summed E-state index contributed by atoms with van der Waals surface area (Å²) in [5.41, 5.74) is 10.2. The molecule has 5 rings (SSSR count). The molecule has 0 saturated carbocycles. The number of nitrogens with one attached hydrogen (secondary N) is 1. The highest BCUT2D eigenvalue weighted by Gasteiger charge is 2.28. The number of β-amino-alcohol motifs (C(OH)–C–C–N with tert-alkyl or cyclic N) is 1. The lowest BCUT2D eigenvalue weighted by Gasteiger charge is -2.19. The smallest absolute Gasteiger partial charge is 0.271 e. The van der Waals surface area contributed by atoms with E-state index in [1.807, 2.05) is 68.1 Å². The Morgan fingerprint density at radius 1 is 1.19 bits per heavy atom. The number of benzene rings is 2. The molecule has 10 heteroatoms. The van der Waals surface area contributed by atoms with Gasteiger partial charge in [0, 0.05) is 30.9 Å². The van der Waals surface area contributed by atoms with E-state index in [1.54, 1.807) is 6.33 Å². The van der Waals surface area contributed by atoms with E-state index in [2.05, 4.69) is 25.2 Å². The first-order valence-corrected chi connectivity index (χ1v) is 11.8. The molecule has 1 amide bonds. The van der Waals surface area contributed by atoms with Crippen molar-refractivity contribution in [3.63, 3.8) is 0 Å². The predicted octanol–water partition coefficient (Wildman–Crippen LogP) is 2.63. The van der Waals surface area contributed by atoms with E-state index in [9.17, 15) is 9.90 Å². The van der Waals surface area contributed by atoms with Crippen LogP contribution in [0.4, 0.5) is 11.5 Å². The highest BCUT2D eigenvalue weighted by atomic mass is 16.5. The number of likely N-dealkylation sites (tertiary alicyclic amines) is 1. The Kier molecular flexibility index (Phi) is 6.29. The fraction of sp³-hybridized carbons (Fsp3) is 0.308. The summed E-state index contributed by atoms with van der Waals surface area (Å²) >= 11 is 0. The number of aromatic nitrogens is 4. The summed E-state index contributed by atoms with van der Waals surface area (Å²) in [6.45, 7) is 3.00. The molecule has 1 fully saturated rings. The summed E-state index contributed by atoms with van der Waals surface area (Å²) in [5.74, 6) is 0.320. The number of aliphatic hydroxyl groups excluding tert-OH is 1. The summed E-state index contributed by atoms with van der Waals surface area (Å²) in [6, 6.07) is 13.4. The van der Waals surface area contributed by atoms with E-state index in [0.717, 1.165) is 16.6 Å². The second kappa shape index (κ2) is 9.56. The number of anilines is 2. The van der Waals surface area contributed by atoms with Crippen molar-refractivity contribution in [2.75, 3.05) is 25.5 Å². The Labute approximate surface area is 208 Å². The maximum atomic E-state index is 12.3. The van der Waals surface area contributed by atoms with Gasteiger partial charge in [0.25, 0.3) is 5.91 Å². The molecule has 2 aromatic heterocycles. The highest BCUT2D eigenvalue weighted by Crippen LogP contribution is 2.30. The minimum atomic E-state index is -0.678. The predicted molar refractivity (Wildman–Crippen MR) is 137 cm³/mol. The molecule has 1 aliphatic rings. The Morgan fingerprint density at radius 2 is 1.97 bits per heavy atom. The maximum Gasteiger partial charge on any atom is 0.271 e. The van der Waals surface area contributed by atoms with Gasteiger partial charge in [0.15, 0.2) is 11.5 Å². The number of amides is 1. The number of hydrogen-bond donors (Lipinski definition) is 3. The van der Waals surface area contributed by atoms with E-state index in [-0.39, 0.29) is 23.7 Å². The molecule has 0 spiro atoms. The number of hydrogen-bond acceptors (Lipinski definition) is 8. The van der Waals surface area contributed by atoms with Gasteiger partial charge in [0.05, 0.1) is 34.9 Å². The van der Waals surface area contributed by atoms with Gasteiger partial charge in [0.1, 0.15) is 12.4 Å². The number of ether oxygens (including phenoxy) is 1. The third kappa shape index (κ3) is 4.60. The number of para-hydroxylation sites is 1. The molecule has 36 heavy (non-hydrogen) atoms. The Bertz CT molecular complexity index is 1420. The SMILES string of the molecule is Cc1nc(Nc2ccc(OC[C@H]3C[C@H](O)CN3C)cc2)c(C(N)=O)nc1-c1cccc2c1ncn2C. The third-order valence-corrected chi connectivity index (χ3v) is 6.54. The second-order valence-electron chi connectivity index (χ2n) is 9.19. The van der Waals surface area contributed by atoms with Crippen molar-refractivity contribution < 1.29 is 14.6 Å². The Morgan fingerprint density at radius 3 is 2.67 bits per heavy atom. The number of carbonyl (C=O) groups is 1. The number of fused-ring (bicyclic) bond motifs is 1. The number of imidazole rings is 1. The third-order valence-electron chi connectivity index (χ3n) is 6.54. The molecular weight excluding hydrogens is 458 g/mol. The van der Waals surface area contributed by atoms with Gasteiger partial charge in [0.2, 0.25) is 0 Å². The quantitative estimate of drug-likeness (QED) is 0.363. The zero-order valence-corrected chi connectivity index (χ0v) is 20.5. The minimum absolute atomic E-state index is 0.0479. The molecule has 1 saturated heterocycles. The van der Waals surface area contributed by atoms with E-state index < -0.39 is 5.91 Å². The summed E-state index contributed by atoms with van der Waals surface area (Å²) < 4.78 is 7.83. The number of carbonyl (C=O) groups excluding carboxylic acids is 1. The van der Waals surface area contributed by atoms with Crippen LogP contribution in [-0.2, 0) is 7.05 Å². The Balaban J connectivity index is 1.37. The molecule has 0 radical (unpaired) electrons. The lowest BCUT2D eigenvalue weighted by Crippen LogP contribution is -2.30. The van der Waals surface area contributed by atoms with Crippen molar-refractivity contribution in [1.29, 1.82) is 0 Å². The molecule has 186 valence electrons. The first kappa shape index (κ1) is 23.7. The summed E-state index contributed by atoms with van der Waals surface area (Å²) in [4.78, 5) is 28.1. The number of primary amides is 1. The van der Waals surface area contributed by atoms with Gasteiger partial charge in [-0.1, -0.05) is 12.1 Å². The largest absolute Gasteiger partial charge is 0.492 e. The lowest BCUT2D eigenvalue weighted by atomic mass is 10.1. The minimum Gasteiger partial charge on any atom is -0.492 e. The zero-order chi connectivity index (χ0) is 25.4. The molecule has 2 atom stereocenters. The van der Waals surface area contributed by atoms with Gasteiger partial charge < -0.3 is 25.5 Å². The van der Waals surface area contributed by atoms with Crippen molar-refractivity contribution in [3.8, 4) is 17.0 Å². The molecule has 4 N–H and O–H groups in total. The van der Waals surface area contributed by atoms with Gasteiger partial charge in [-0.05, 0) is 50.7 Å². The monoisotopic (exact) mass is 487 g/mol. The summed E-state index contributed by atoms with van der Waals surface area (Å²) in [6.07, 6.45) is 2.14. The first-order valence-electron chi connectivity index (χ1n) is 11.8. The van der Waals surface area contributed by atoms with Gasteiger partial charge in [-0.25, -0.2) is 15.0 Å². The standard InChI is InChI=1S/C26H29N7O3/c1-15-22(20-5-4-6-21-23(20)28-14-33(21)3)31-24(25(27)35)26(29-15)30-16-7-9-19(10-8-16)36-13-17-11-18(34)12-32(17)2/h4-10,14,17-18,34H,11-13H2,1-3H3,(H2,27,35)(H,29,30)/t17-,18+/m1/s1. The Hall–Kier alpha value is -4.02. The van der Waals surface area contributed by atoms with Crippen LogP contribution in [0.25, 0.3) is 22.3 Å². The molecule has 0 unspecified atom stereocenters. The van der Waals surface area contributed by atoms with Crippen molar-refractivity contribution in [2.45, 2.75) is 25.5 Å². The topological polar surface area (TPSA) is 131 Å². The fourth-order valence-electron chi connectivity index (χ4n) is 4.59. The van der Waals surface area contributed by atoms with Crippen molar-refractivity contribution in [2.24, 2.45) is 12.8 Å². The summed E-state index contributed by atoms with van der Waals surface area (Å²) in [5, 5.41) is 13.0. The summed E-state index contributed by atoms with van der Waals surface area (Å²) in [7, 11) is 3.91. The average Bonchev–Trinajstić information content (AvgIpc) is 3.39. The van der Waals surface area contributed by atoms with Crippen LogP contribution in [0.3, 0.4) is 0 Å². The van der Waals surface area contributed by atoms with E-state index >= 15 is 0 Å². The van der Waals surface area contributed by atoms with Gasteiger partial charge in [-0.15, -0.1) is 0 Å². The van der Waals surface area contributed by atoms with Crippen LogP contribution in [0.5, 0.6) is 5.75 Å². The second-order valence-corrected chi connectivity index (χ2v) is 9.19. The van der Waals surface area contributed by atoms with Crippen LogP contribution >= 0.6 is 0 Å². The molecule has 0 aliphatic carbocycles. The number of nitrogens with zero attached hydrogens (tertiary/aromatic N) is 5. The van der Waals surface area contributed by atoms with Crippen LogP contribution < -0.4 is 15.8 Å². The van der Waals surface area contributed by atoms with Crippen LogP contribution in [0, 0.1) is 6.92 Å². The van der Waals surface area contributed by atoms with Crippen molar-refractivity contribution in [1.82, 2.24) is 24.4 Å². The molecule has 3 heterocycles.